The number of hydrogen-bond acceptors (Lipinski definition) is 4. The van der Waals surface area contributed by atoms with Crippen LogP contribution < -0.4 is 5.32 Å². The van der Waals surface area contributed by atoms with Gasteiger partial charge in [0.05, 0.1) is 17.9 Å². The van der Waals surface area contributed by atoms with Crippen molar-refractivity contribution in [3.8, 4) is 0 Å². The van der Waals surface area contributed by atoms with Crippen molar-refractivity contribution < 1.29 is 22.9 Å². The Morgan fingerprint density at radius 3 is 1.60 bits per heavy atom. The molecule has 0 aliphatic heterocycles. The summed E-state index contributed by atoms with van der Waals surface area (Å²) >= 11 is 0. The largest absolute Gasteiger partial charge is 0.387 e. The Morgan fingerprint density at radius 1 is 0.600 bits per heavy atom. The number of aliphatic hydroxyl groups excluding tert-OH is 1. The molecule has 0 saturated heterocycles. The zero-order valence-electron chi connectivity index (χ0n) is 28.7. The molecule has 0 aromatic heterocycles. The Labute approximate surface area is 277 Å². The summed E-state index contributed by atoms with van der Waals surface area (Å²) in [5, 5.41) is 13.1. The van der Waals surface area contributed by atoms with Gasteiger partial charge in [0.25, 0.3) is 10.1 Å². The summed E-state index contributed by atoms with van der Waals surface area (Å²) in [6.07, 6.45) is 43.5. The monoisotopic (exact) mass is 649 g/mol. The van der Waals surface area contributed by atoms with E-state index in [2.05, 4.69) is 67.8 Å². The first-order chi connectivity index (χ1) is 21.8. The molecule has 0 saturated carbocycles. The van der Waals surface area contributed by atoms with Crippen LogP contribution in [0.1, 0.15) is 155 Å². The number of allylic oxidation sites excluding steroid dienone is 9. The lowest BCUT2D eigenvalue weighted by molar-refractivity contribution is -0.122. The minimum absolute atomic E-state index is 0.277. The predicted octanol–water partition coefficient (Wildman–Crippen LogP) is 10.1. The van der Waals surface area contributed by atoms with Gasteiger partial charge >= 0.3 is 0 Å². The predicted molar refractivity (Wildman–Crippen MR) is 193 cm³/mol. The topological polar surface area (TPSA) is 104 Å². The molecular formula is C38H67NO5S. The van der Waals surface area contributed by atoms with E-state index in [4.69, 9.17) is 0 Å². The Morgan fingerprint density at radius 2 is 1.07 bits per heavy atom. The molecule has 2 unspecified atom stereocenters. The number of aliphatic hydroxyl groups is 1. The summed E-state index contributed by atoms with van der Waals surface area (Å²) in [6, 6.07) is -1.08. The van der Waals surface area contributed by atoms with Gasteiger partial charge in [-0.05, 0) is 70.6 Å². The van der Waals surface area contributed by atoms with Crippen LogP contribution in [0.15, 0.2) is 60.8 Å². The second-order valence-corrected chi connectivity index (χ2v) is 13.6. The molecular weight excluding hydrogens is 582 g/mol. The molecule has 6 nitrogen and oxygen atoms in total. The first-order valence-corrected chi connectivity index (χ1v) is 19.6. The number of amides is 1. The lowest BCUT2D eigenvalue weighted by atomic mass is 10.1. The van der Waals surface area contributed by atoms with Gasteiger partial charge in [-0.3, -0.25) is 9.35 Å². The molecule has 0 bridgehead atoms. The van der Waals surface area contributed by atoms with E-state index in [0.717, 1.165) is 64.2 Å². The molecule has 0 aliphatic carbocycles. The van der Waals surface area contributed by atoms with Crippen LogP contribution in [0.25, 0.3) is 0 Å². The molecule has 2 atom stereocenters. The smallest absolute Gasteiger partial charge is 0.267 e. The molecule has 0 aromatic rings. The Kier molecular flexibility index (Phi) is 30.6. The third kappa shape index (κ3) is 33.2. The van der Waals surface area contributed by atoms with Crippen molar-refractivity contribution in [2.45, 2.75) is 167 Å². The molecule has 3 N–H and O–H groups in total. The second kappa shape index (κ2) is 32.0. The van der Waals surface area contributed by atoms with E-state index in [1.807, 2.05) is 0 Å². The Bertz CT molecular complexity index is 936. The van der Waals surface area contributed by atoms with Crippen molar-refractivity contribution in [3.05, 3.63) is 60.8 Å². The zero-order chi connectivity index (χ0) is 33.3. The normalized spacial score (nSPS) is 14.1. The van der Waals surface area contributed by atoms with Gasteiger partial charge in [-0.15, -0.1) is 0 Å². The first kappa shape index (κ1) is 43.0. The maximum Gasteiger partial charge on any atom is 0.267 e. The fourth-order valence-corrected chi connectivity index (χ4v) is 5.66. The van der Waals surface area contributed by atoms with Gasteiger partial charge in [0, 0.05) is 6.42 Å². The Hall–Kier alpha value is -1.96. The summed E-state index contributed by atoms with van der Waals surface area (Å²) in [4.78, 5) is 12.4. The van der Waals surface area contributed by atoms with E-state index in [-0.39, 0.29) is 12.3 Å². The molecule has 260 valence electrons. The fourth-order valence-electron chi connectivity index (χ4n) is 4.93. The minimum atomic E-state index is -4.35. The van der Waals surface area contributed by atoms with Crippen molar-refractivity contribution in [1.29, 1.82) is 0 Å². The number of hydrogen-bond donors (Lipinski definition) is 3. The number of carbonyl (C=O) groups excluding carboxylic acids is 1. The van der Waals surface area contributed by atoms with Crippen LogP contribution in [0.3, 0.4) is 0 Å². The average molecular weight is 650 g/mol. The Balaban J connectivity index is 4.00. The van der Waals surface area contributed by atoms with Gasteiger partial charge in [0.2, 0.25) is 5.91 Å². The third-order valence-corrected chi connectivity index (χ3v) is 8.41. The summed E-state index contributed by atoms with van der Waals surface area (Å²) in [7, 11) is -4.35. The van der Waals surface area contributed by atoms with E-state index < -0.39 is 28.0 Å². The summed E-state index contributed by atoms with van der Waals surface area (Å²) in [6.45, 7) is 4.40. The highest BCUT2D eigenvalue weighted by atomic mass is 32.2. The number of rotatable bonds is 31. The van der Waals surface area contributed by atoms with Crippen LogP contribution in [0.5, 0.6) is 0 Å². The molecule has 0 aromatic carbocycles. The zero-order valence-corrected chi connectivity index (χ0v) is 29.5. The summed E-state index contributed by atoms with van der Waals surface area (Å²) < 4.78 is 32.3. The molecule has 0 rings (SSSR count). The molecule has 0 spiro atoms. The van der Waals surface area contributed by atoms with Crippen molar-refractivity contribution in [1.82, 2.24) is 5.32 Å². The van der Waals surface area contributed by atoms with Gasteiger partial charge in [-0.25, -0.2) is 0 Å². The van der Waals surface area contributed by atoms with Crippen molar-refractivity contribution in [2.24, 2.45) is 0 Å². The van der Waals surface area contributed by atoms with Crippen LogP contribution in [0.2, 0.25) is 0 Å². The molecule has 0 radical (unpaired) electrons. The van der Waals surface area contributed by atoms with Crippen molar-refractivity contribution in [2.75, 3.05) is 5.75 Å². The van der Waals surface area contributed by atoms with Crippen LogP contribution in [0.4, 0.5) is 0 Å². The standard InChI is InChI=1S/C38H67NO5S/c1-3-5-7-9-11-13-15-16-17-18-19-20-21-22-24-26-28-30-32-34-38(41)39-36(35-45(42,43)44)37(40)33-31-29-27-25-23-14-12-10-8-6-4-2/h8,10-11,13,16-17,23,25,31,33,36-37,40H,3-7,9,12,14-15,18-22,24,26-30,32,34-35H2,1-2H3,(H,39,41)(H,42,43,44)/b10-8+,13-11-,17-16-,25-23+,33-31+. The highest BCUT2D eigenvalue weighted by Gasteiger charge is 2.24. The van der Waals surface area contributed by atoms with Gasteiger partial charge in [0.15, 0.2) is 0 Å². The summed E-state index contributed by atoms with van der Waals surface area (Å²) in [5.74, 6) is -1.02. The molecule has 1 amide bonds. The van der Waals surface area contributed by atoms with E-state index >= 15 is 0 Å². The highest BCUT2D eigenvalue weighted by molar-refractivity contribution is 7.85. The highest BCUT2D eigenvalue weighted by Crippen LogP contribution is 2.12. The van der Waals surface area contributed by atoms with Crippen molar-refractivity contribution >= 4 is 16.0 Å². The van der Waals surface area contributed by atoms with E-state index in [1.54, 1.807) is 6.08 Å². The van der Waals surface area contributed by atoms with Crippen LogP contribution >= 0.6 is 0 Å². The molecule has 45 heavy (non-hydrogen) atoms. The van der Waals surface area contributed by atoms with Gasteiger partial charge in [-0.1, -0.05) is 139 Å². The molecule has 0 aliphatic rings. The number of nitrogens with one attached hydrogen (secondary N) is 1. The third-order valence-electron chi connectivity index (χ3n) is 7.63. The van der Waals surface area contributed by atoms with Crippen LogP contribution in [-0.4, -0.2) is 41.9 Å². The number of carbonyl (C=O) groups is 1. The minimum Gasteiger partial charge on any atom is -0.387 e. The maximum absolute atomic E-state index is 12.4. The lowest BCUT2D eigenvalue weighted by Crippen LogP contribution is -2.46. The van der Waals surface area contributed by atoms with Crippen molar-refractivity contribution in [3.63, 3.8) is 0 Å². The molecule has 0 fully saturated rings. The van der Waals surface area contributed by atoms with E-state index in [9.17, 15) is 22.9 Å². The SMILES string of the molecule is CCC/C=C/CC/C=C/CC/C=C/C(O)C(CS(=O)(=O)O)NC(=O)CCCCCCCCCCC/C=C\C/C=C\CCCCC. The quantitative estimate of drug-likeness (QED) is 0.0394. The van der Waals surface area contributed by atoms with E-state index in [1.165, 1.54) is 70.3 Å². The van der Waals surface area contributed by atoms with Gasteiger partial charge in [0.1, 0.15) is 0 Å². The number of unbranched alkanes of at least 4 members (excludes halogenated alkanes) is 15. The average Bonchev–Trinajstić information content (AvgIpc) is 3.00. The first-order valence-electron chi connectivity index (χ1n) is 18.0. The fraction of sp³-hybridized carbons (Fsp3) is 0.711. The van der Waals surface area contributed by atoms with Crippen LogP contribution in [0, 0.1) is 0 Å². The van der Waals surface area contributed by atoms with Gasteiger partial charge < -0.3 is 10.4 Å². The van der Waals surface area contributed by atoms with E-state index in [0.29, 0.717) is 6.42 Å². The van der Waals surface area contributed by atoms with Crippen LogP contribution in [-0.2, 0) is 14.9 Å². The molecule has 7 heteroatoms. The van der Waals surface area contributed by atoms with Gasteiger partial charge in [-0.2, -0.15) is 8.42 Å². The molecule has 0 heterocycles. The maximum atomic E-state index is 12.4. The second-order valence-electron chi connectivity index (χ2n) is 12.1. The lowest BCUT2D eigenvalue weighted by Gasteiger charge is -2.21. The summed E-state index contributed by atoms with van der Waals surface area (Å²) in [5.41, 5.74) is 0.